The Bertz CT molecular complexity index is 500. The summed E-state index contributed by atoms with van der Waals surface area (Å²) in [4.78, 5) is 13.8. The first kappa shape index (κ1) is 12.3. The Balaban J connectivity index is 1.99. The second kappa shape index (κ2) is 4.44. The van der Waals surface area contributed by atoms with E-state index in [0.29, 0.717) is 6.61 Å². The number of carbonyl (C=O) groups excluding carboxylic acids is 1. The van der Waals surface area contributed by atoms with E-state index >= 15 is 0 Å². The molecule has 1 spiro atoms. The van der Waals surface area contributed by atoms with Crippen LogP contribution in [0.2, 0.25) is 0 Å². The van der Waals surface area contributed by atoms with E-state index in [2.05, 4.69) is 0 Å². The lowest BCUT2D eigenvalue weighted by Gasteiger charge is -2.41. The predicted molar refractivity (Wildman–Crippen MR) is 71.5 cm³/mol. The number of rotatable bonds is 1. The SMILES string of the molecule is COc1cccc2c1C[C@@]1(CCCN1C(C)=O)CO2. The van der Waals surface area contributed by atoms with Gasteiger partial charge < -0.3 is 14.4 Å². The molecule has 1 fully saturated rings. The van der Waals surface area contributed by atoms with Gasteiger partial charge in [-0.25, -0.2) is 0 Å². The van der Waals surface area contributed by atoms with Crippen LogP contribution in [0.25, 0.3) is 0 Å². The molecule has 0 unspecified atom stereocenters. The molecule has 1 amide bonds. The highest BCUT2D eigenvalue weighted by Gasteiger charge is 2.46. The Kier molecular flexibility index (Phi) is 2.88. The zero-order valence-electron chi connectivity index (χ0n) is 11.4. The van der Waals surface area contributed by atoms with Gasteiger partial charge in [0.1, 0.15) is 18.1 Å². The van der Waals surface area contributed by atoms with E-state index in [-0.39, 0.29) is 11.4 Å². The van der Waals surface area contributed by atoms with Crippen molar-refractivity contribution in [2.24, 2.45) is 0 Å². The van der Waals surface area contributed by atoms with E-state index in [1.165, 1.54) is 0 Å². The first-order valence-corrected chi connectivity index (χ1v) is 6.73. The number of methoxy groups -OCH3 is 1. The molecule has 0 aliphatic carbocycles. The number of ether oxygens (including phenoxy) is 2. The molecule has 4 heteroatoms. The minimum atomic E-state index is -0.173. The van der Waals surface area contributed by atoms with E-state index < -0.39 is 0 Å². The van der Waals surface area contributed by atoms with Crippen LogP contribution in [-0.4, -0.2) is 36.6 Å². The molecule has 0 radical (unpaired) electrons. The Labute approximate surface area is 113 Å². The average Bonchev–Trinajstić information content (AvgIpc) is 2.81. The summed E-state index contributed by atoms with van der Waals surface area (Å²) >= 11 is 0. The van der Waals surface area contributed by atoms with Crippen molar-refractivity contribution in [1.29, 1.82) is 0 Å². The molecule has 0 aromatic heterocycles. The molecule has 1 aromatic rings. The van der Waals surface area contributed by atoms with E-state index in [1.54, 1.807) is 14.0 Å². The number of amides is 1. The molecular formula is C15H19NO3. The van der Waals surface area contributed by atoms with Crippen molar-refractivity contribution < 1.29 is 14.3 Å². The van der Waals surface area contributed by atoms with Crippen molar-refractivity contribution >= 4 is 5.91 Å². The molecular weight excluding hydrogens is 242 g/mol. The molecule has 4 nitrogen and oxygen atoms in total. The molecule has 0 N–H and O–H groups in total. The fourth-order valence-corrected chi connectivity index (χ4v) is 3.40. The number of benzene rings is 1. The van der Waals surface area contributed by atoms with Crippen LogP contribution in [0.4, 0.5) is 0 Å². The van der Waals surface area contributed by atoms with Crippen molar-refractivity contribution in [1.82, 2.24) is 4.90 Å². The Morgan fingerprint density at radius 1 is 1.47 bits per heavy atom. The van der Waals surface area contributed by atoms with Crippen LogP contribution < -0.4 is 9.47 Å². The maximum atomic E-state index is 11.8. The molecule has 1 atom stereocenters. The van der Waals surface area contributed by atoms with Gasteiger partial charge in [-0.3, -0.25) is 4.79 Å². The van der Waals surface area contributed by atoms with Crippen molar-refractivity contribution in [2.75, 3.05) is 20.3 Å². The van der Waals surface area contributed by atoms with Gasteiger partial charge in [0.05, 0.1) is 12.6 Å². The Morgan fingerprint density at radius 3 is 3.05 bits per heavy atom. The lowest BCUT2D eigenvalue weighted by atomic mass is 9.86. The molecule has 3 rings (SSSR count). The van der Waals surface area contributed by atoms with Crippen LogP contribution in [0.5, 0.6) is 11.5 Å². The lowest BCUT2D eigenvalue weighted by molar-refractivity contribution is -0.134. The highest BCUT2D eigenvalue weighted by atomic mass is 16.5. The molecule has 0 saturated carbocycles. The first-order chi connectivity index (χ1) is 9.16. The van der Waals surface area contributed by atoms with Crippen molar-refractivity contribution in [2.45, 2.75) is 31.7 Å². The van der Waals surface area contributed by atoms with E-state index in [0.717, 1.165) is 42.9 Å². The fourth-order valence-electron chi connectivity index (χ4n) is 3.40. The zero-order chi connectivity index (χ0) is 13.5. The number of fused-ring (bicyclic) bond motifs is 1. The third-order valence-electron chi connectivity index (χ3n) is 4.29. The summed E-state index contributed by atoms with van der Waals surface area (Å²) in [5.74, 6) is 1.88. The van der Waals surface area contributed by atoms with Crippen molar-refractivity contribution in [3.63, 3.8) is 0 Å². The third kappa shape index (κ3) is 1.86. The van der Waals surface area contributed by atoms with Gasteiger partial charge in [0.25, 0.3) is 0 Å². The number of nitrogens with zero attached hydrogens (tertiary/aromatic N) is 1. The molecule has 1 aromatic carbocycles. The summed E-state index contributed by atoms with van der Waals surface area (Å²) in [6, 6.07) is 5.86. The van der Waals surface area contributed by atoms with Crippen LogP contribution >= 0.6 is 0 Å². The zero-order valence-corrected chi connectivity index (χ0v) is 11.4. The minimum Gasteiger partial charge on any atom is -0.496 e. The van der Waals surface area contributed by atoms with Gasteiger partial charge in [0, 0.05) is 25.5 Å². The summed E-state index contributed by atoms with van der Waals surface area (Å²) < 4.78 is 11.3. The summed E-state index contributed by atoms with van der Waals surface area (Å²) in [5, 5.41) is 0. The van der Waals surface area contributed by atoms with Gasteiger partial charge in [-0.2, -0.15) is 0 Å². The standard InChI is InChI=1S/C15H19NO3/c1-11(17)16-8-4-7-15(16)9-12-13(18-2)5-3-6-14(12)19-10-15/h3,5-6H,4,7-10H2,1-2H3/t15-/m0/s1. The summed E-state index contributed by atoms with van der Waals surface area (Å²) in [6.45, 7) is 3.07. The quantitative estimate of drug-likeness (QED) is 0.776. The second-order valence-corrected chi connectivity index (χ2v) is 5.40. The van der Waals surface area contributed by atoms with Gasteiger partial charge in [0.2, 0.25) is 5.91 Å². The monoisotopic (exact) mass is 261 g/mol. The normalized spacial score (nSPS) is 25.1. The molecule has 2 aliphatic heterocycles. The molecule has 1 saturated heterocycles. The highest BCUT2D eigenvalue weighted by Crippen LogP contribution is 2.42. The van der Waals surface area contributed by atoms with Crippen LogP contribution in [-0.2, 0) is 11.2 Å². The van der Waals surface area contributed by atoms with E-state index in [9.17, 15) is 4.79 Å². The number of hydrogen-bond donors (Lipinski definition) is 0. The van der Waals surface area contributed by atoms with Gasteiger partial charge in [-0.05, 0) is 25.0 Å². The highest BCUT2D eigenvalue weighted by molar-refractivity contribution is 5.75. The minimum absolute atomic E-state index is 0.138. The van der Waals surface area contributed by atoms with Crippen molar-refractivity contribution in [3.05, 3.63) is 23.8 Å². The topological polar surface area (TPSA) is 38.8 Å². The maximum absolute atomic E-state index is 11.8. The first-order valence-electron chi connectivity index (χ1n) is 6.73. The van der Waals surface area contributed by atoms with Crippen LogP contribution in [0.15, 0.2) is 18.2 Å². The average molecular weight is 261 g/mol. The number of likely N-dealkylation sites (tertiary alicyclic amines) is 1. The van der Waals surface area contributed by atoms with Crippen LogP contribution in [0.3, 0.4) is 0 Å². The molecule has 102 valence electrons. The van der Waals surface area contributed by atoms with Crippen LogP contribution in [0.1, 0.15) is 25.3 Å². The lowest BCUT2D eigenvalue weighted by Crippen LogP contribution is -2.53. The largest absolute Gasteiger partial charge is 0.496 e. The second-order valence-electron chi connectivity index (χ2n) is 5.40. The predicted octanol–water partition coefficient (Wildman–Crippen LogP) is 2.01. The van der Waals surface area contributed by atoms with Gasteiger partial charge >= 0.3 is 0 Å². The summed E-state index contributed by atoms with van der Waals surface area (Å²) in [5.41, 5.74) is 0.914. The van der Waals surface area contributed by atoms with E-state index in [1.807, 2.05) is 23.1 Å². The van der Waals surface area contributed by atoms with Crippen molar-refractivity contribution in [3.8, 4) is 11.5 Å². The maximum Gasteiger partial charge on any atom is 0.220 e. The third-order valence-corrected chi connectivity index (χ3v) is 4.29. The fraction of sp³-hybridized carbons (Fsp3) is 0.533. The Hall–Kier alpha value is -1.71. The summed E-state index contributed by atoms with van der Waals surface area (Å²) in [6.07, 6.45) is 2.88. The molecule has 2 heterocycles. The molecule has 2 aliphatic rings. The molecule has 19 heavy (non-hydrogen) atoms. The smallest absolute Gasteiger partial charge is 0.220 e. The molecule has 0 bridgehead atoms. The number of carbonyl (C=O) groups is 1. The van der Waals surface area contributed by atoms with Gasteiger partial charge in [-0.1, -0.05) is 6.07 Å². The summed E-state index contributed by atoms with van der Waals surface area (Å²) in [7, 11) is 1.67. The van der Waals surface area contributed by atoms with Crippen LogP contribution in [0, 0.1) is 0 Å². The van der Waals surface area contributed by atoms with Gasteiger partial charge in [0.15, 0.2) is 0 Å². The number of hydrogen-bond acceptors (Lipinski definition) is 3. The Morgan fingerprint density at radius 2 is 2.32 bits per heavy atom. The van der Waals surface area contributed by atoms with E-state index in [4.69, 9.17) is 9.47 Å². The van der Waals surface area contributed by atoms with Gasteiger partial charge in [-0.15, -0.1) is 0 Å².